The molecule has 7 amide bonds. The number of methoxy groups -OCH3 is 3. The van der Waals surface area contributed by atoms with Gasteiger partial charge in [-0.3, -0.25) is 49.0 Å². The van der Waals surface area contributed by atoms with E-state index in [1.807, 2.05) is 36.5 Å². The molecule has 0 spiro atoms. The van der Waals surface area contributed by atoms with Crippen molar-refractivity contribution in [1.82, 2.24) is 20.0 Å². The summed E-state index contributed by atoms with van der Waals surface area (Å²) in [5, 5.41) is 49.0. The molecule has 6 heterocycles. The quantitative estimate of drug-likeness (QED) is 0.0219. The summed E-state index contributed by atoms with van der Waals surface area (Å²) in [6, 6.07) is 24.6. The van der Waals surface area contributed by atoms with Gasteiger partial charge in [-0.1, -0.05) is 36.8 Å². The molecule has 0 aliphatic carbocycles. The number of amides is 7. The smallest absolute Gasteiger partial charge is 0.411 e. The number of aliphatic carboxylic acids is 1. The lowest BCUT2D eigenvalue weighted by atomic mass is 9.99. The van der Waals surface area contributed by atoms with Gasteiger partial charge in [-0.25, -0.2) is 9.59 Å². The van der Waals surface area contributed by atoms with Gasteiger partial charge in [0.15, 0.2) is 29.1 Å². The van der Waals surface area contributed by atoms with Crippen LogP contribution in [0.5, 0.6) is 34.5 Å². The van der Waals surface area contributed by atoms with E-state index >= 15 is 0 Å². The van der Waals surface area contributed by atoms with Crippen LogP contribution in [0.1, 0.15) is 88.8 Å². The van der Waals surface area contributed by atoms with E-state index in [0.29, 0.717) is 95.3 Å². The van der Waals surface area contributed by atoms with Crippen molar-refractivity contribution in [3.8, 4) is 34.5 Å². The van der Waals surface area contributed by atoms with Gasteiger partial charge in [-0.2, -0.15) is 0 Å². The van der Waals surface area contributed by atoms with Gasteiger partial charge in [0.2, 0.25) is 18.1 Å². The van der Waals surface area contributed by atoms with Crippen LogP contribution in [0.3, 0.4) is 0 Å². The van der Waals surface area contributed by atoms with Gasteiger partial charge in [0.1, 0.15) is 36.4 Å². The molecule has 0 aromatic heterocycles. The van der Waals surface area contributed by atoms with Crippen LogP contribution in [0.2, 0.25) is 0 Å². The number of imide groups is 1. The van der Waals surface area contributed by atoms with Crippen LogP contribution in [-0.2, 0) is 40.1 Å². The second kappa shape index (κ2) is 30.2. The molecule has 1 fully saturated rings. The van der Waals surface area contributed by atoms with E-state index in [4.69, 9.17) is 47.9 Å². The number of carbonyl (C=O) groups is 8. The summed E-state index contributed by atoms with van der Waals surface area (Å²) in [7, 11) is 4.59. The minimum atomic E-state index is -2.00. The molecule has 0 unspecified atom stereocenters. The first-order valence-electron chi connectivity index (χ1n) is 31.2. The van der Waals surface area contributed by atoms with E-state index < -0.39 is 54.7 Å². The molecule has 0 bridgehead atoms. The zero-order valence-corrected chi connectivity index (χ0v) is 52.9. The Morgan fingerprint density at radius 1 is 0.619 bits per heavy atom. The van der Waals surface area contributed by atoms with E-state index in [0.717, 1.165) is 27.4 Å². The predicted octanol–water partition coefficient (Wildman–Crippen LogP) is 6.45. The summed E-state index contributed by atoms with van der Waals surface area (Å²) in [6.07, 6.45) is 1.68. The first-order valence-corrected chi connectivity index (χ1v) is 31.2. The lowest BCUT2D eigenvalue weighted by molar-refractivity contribution is -0.271. The Morgan fingerprint density at radius 2 is 1.25 bits per heavy atom. The Labute approximate surface area is 555 Å². The fourth-order valence-electron chi connectivity index (χ4n) is 11.6. The van der Waals surface area contributed by atoms with Gasteiger partial charge >= 0.3 is 12.1 Å². The molecule has 5 aromatic rings. The number of unbranched alkanes of at least 4 members (excludes halogenated alkanes) is 2. The number of hydrogen-bond acceptors (Lipinski definition) is 21. The Hall–Kier alpha value is -10.9. The maximum atomic E-state index is 14.3. The number of nitrogens with zero attached hydrogens (tertiary/aromatic N) is 5. The van der Waals surface area contributed by atoms with E-state index in [1.165, 1.54) is 44.6 Å². The molecule has 6 aliphatic rings. The van der Waals surface area contributed by atoms with Gasteiger partial charge < -0.3 is 78.8 Å². The molecular weight excluding hydrogens is 1260 g/mol. The van der Waals surface area contributed by atoms with Crippen LogP contribution in [0.25, 0.3) is 11.1 Å². The molecule has 7 atom stereocenters. The summed E-state index contributed by atoms with van der Waals surface area (Å²) in [5.41, 5.74) is 5.58. The number of aliphatic imine (C=N–C) groups is 2. The molecule has 7 N–H and O–H groups in total. The third-order valence-corrected chi connectivity index (χ3v) is 16.8. The van der Waals surface area contributed by atoms with E-state index in [-0.39, 0.29) is 98.3 Å². The van der Waals surface area contributed by atoms with Crippen molar-refractivity contribution in [3.63, 3.8) is 0 Å². The summed E-state index contributed by atoms with van der Waals surface area (Å²) in [4.78, 5) is 117. The van der Waals surface area contributed by atoms with E-state index in [9.17, 15) is 58.8 Å². The minimum absolute atomic E-state index is 0.0620. The van der Waals surface area contributed by atoms with Crippen molar-refractivity contribution in [2.75, 3.05) is 58.3 Å². The van der Waals surface area contributed by atoms with Crippen LogP contribution in [-0.4, -0.2) is 185 Å². The number of aliphatic hydroxyl groups excluding tert-OH is 3. The minimum Gasteiger partial charge on any atom is -0.497 e. The Bertz CT molecular complexity index is 4040. The standard InChI is InChI=1S/C69H70N8O20/c1-90-46-15-13-39(14-16-46)41-27-44-33-71-49-31-55(53(91-2)29-47(49)65(85)76(44)35-41)93-23-8-24-94-56-32-50-48(30-54(56)92-3)66(86)77-36-42(28-45(77)34-72-50)40-9-7-10-43(26-40)73-69(89)95-37-38-12-17-52(96-68-63(84)61(82)62(83)64(97-68)67(87)88)51(25-38)74-58(79)20-21-70-57(78)11-5-4-6-22-75-59(80)18-19-60(75)81/h7,9-10,12-19,25-26,29-36,44-45,61-64,68,82-84H,4-6,8,11,20-24,27-28,37H2,1-3H3,(H,70,78)(H,73,89)(H,74,79)(H,87,88)/t44-,45-,61-,62-,63+,64-,68+/m0/s1. The lowest BCUT2D eigenvalue weighted by Crippen LogP contribution is -2.61. The number of carbonyl (C=O) groups excluding carboxylic acids is 7. The van der Waals surface area contributed by atoms with Gasteiger partial charge in [-0.15, -0.1) is 0 Å². The number of nitrogens with one attached hydrogen (secondary N) is 3. The Morgan fingerprint density at radius 3 is 1.86 bits per heavy atom. The number of fused-ring (bicyclic) bond motifs is 4. The monoisotopic (exact) mass is 1330 g/mol. The number of aliphatic hydroxyl groups is 3. The van der Waals surface area contributed by atoms with E-state index in [2.05, 4.69) is 16.0 Å². The summed E-state index contributed by atoms with van der Waals surface area (Å²) < 4.78 is 45.7. The van der Waals surface area contributed by atoms with Crippen LogP contribution in [0, 0.1) is 0 Å². The molecule has 11 rings (SSSR count). The molecule has 1 saturated heterocycles. The van der Waals surface area contributed by atoms with Gasteiger partial charge in [0.05, 0.1) is 74.8 Å². The maximum absolute atomic E-state index is 14.3. The normalized spacial score (nSPS) is 20.5. The van der Waals surface area contributed by atoms with Crippen LogP contribution < -0.4 is 44.4 Å². The van der Waals surface area contributed by atoms with E-state index in [1.54, 1.807) is 78.0 Å². The van der Waals surface area contributed by atoms with Crippen molar-refractivity contribution in [1.29, 1.82) is 0 Å². The molecule has 506 valence electrons. The number of carboxylic acid groups (broad SMARTS) is 1. The highest BCUT2D eigenvalue weighted by Gasteiger charge is 2.48. The van der Waals surface area contributed by atoms with Crippen LogP contribution in [0.15, 0.2) is 126 Å². The average molecular weight is 1330 g/mol. The second-order valence-electron chi connectivity index (χ2n) is 23.2. The number of rotatable bonds is 27. The van der Waals surface area contributed by atoms with Crippen molar-refractivity contribution in [2.45, 2.75) is 101 Å². The van der Waals surface area contributed by atoms with Crippen LogP contribution in [0.4, 0.5) is 27.5 Å². The number of hydrogen-bond donors (Lipinski definition) is 7. The zero-order valence-electron chi connectivity index (χ0n) is 52.9. The highest BCUT2D eigenvalue weighted by atomic mass is 16.7. The molecule has 0 radical (unpaired) electrons. The van der Waals surface area contributed by atoms with Crippen molar-refractivity contribution in [3.05, 3.63) is 143 Å². The van der Waals surface area contributed by atoms with Crippen LogP contribution >= 0.6 is 0 Å². The van der Waals surface area contributed by atoms with Crippen molar-refractivity contribution in [2.24, 2.45) is 9.98 Å². The zero-order chi connectivity index (χ0) is 68.4. The molecule has 28 nitrogen and oxygen atoms in total. The van der Waals surface area contributed by atoms with Crippen molar-refractivity contribution < 1.29 is 96.7 Å². The number of benzene rings is 5. The average Bonchev–Trinajstić information content (AvgIpc) is 1.65. The van der Waals surface area contributed by atoms with Gasteiger partial charge in [0, 0.05) is 100.0 Å². The Kier molecular flexibility index (Phi) is 21.0. The lowest BCUT2D eigenvalue weighted by Gasteiger charge is -2.38. The first-order chi connectivity index (χ1) is 46.9. The maximum Gasteiger partial charge on any atom is 0.411 e. The topological polar surface area (TPSA) is 362 Å². The highest BCUT2D eigenvalue weighted by Crippen LogP contribution is 2.43. The molecule has 97 heavy (non-hydrogen) atoms. The molecule has 28 heteroatoms. The van der Waals surface area contributed by atoms with Gasteiger partial charge in [0.25, 0.3) is 23.6 Å². The largest absolute Gasteiger partial charge is 0.497 e. The molecule has 0 saturated carbocycles. The summed E-state index contributed by atoms with van der Waals surface area (Å²) in [5.74, 6) is -1.89. The first kappa shape index (κ1) is 67.5. The fourth-order valence-corrected chi connectivity index (χ4v) is 11.6. The molecule has 6 aliphatic heterocycles. The predicted molar refractivity (Wildman–Crippen MR) is 348 cm³/mol. The number of anilines is 2. The summed E-state index contributed by atoms with van der Waals surface area (Å²) >= 11 is 0. The number of ether oxygens (including phenoxy) is 8. The second-order valence-corrected chi connectivity index (χ2v) is 23.2. The highest BCUT2D eigenvalue weighted by molar-refractivity contribution is 6.13. The third-order valence-electron chi connectivity index (χ3n) is 16.8. The van der Waals surface area contributed by atoms with Gasteiger partial charge in [-0.05, 0) is 89.2 Å². The SMILES string of the molecule is COc1ccc(C2=CN3C(=O)c4cc(OC)c(OCCCOc5cc6c(cc5OC)C(=O)N5C=C(c7cccc(NC(=O)OCc8ccc(O[C@@H]9O[C@H](C(=O)O)[C@@H](O)[C@H](O)[C@H]9O)c(NC(=O)CCNC(=O)CCCCCN9C(=O)C=CC9=O)c8)c7)C[C@H]5C=N6)cc4N=C[C@@H]3C2)cc1. The molecular formula is C69H70N8O20. The Balaban J connectivity index is 0.671. The van der Waals surface area contributed by atoms with Crippen molar-refractivity contribution >= 4 is 93.8 Å². The number of carboxylic acids is 1. The fraction of sp³-hybridized carbons (Fsp3) is 0.333. The third kappa shape index (κ3) is 15.6. The molecule has 5 aromatic carbocycles. The summed E-state index contributed by atoms with van der Waals surface area (Å²) in [6.45, 7) is 0.208.